The van der Waals surface area contributed by atoms with Crippen LogP contribution < -0.4 is 10.6 Å². The van der Waals surface area contributed by atoms with Crippen molar-refractivity contribution in [3.8, 4) is 11.1 Å². The van der Waals surface area contributed by atoms with Gasteiger partial charge >= 0.3 is 0 Å². The van der Waals surface area contributed by atoms with Crippen molar-refractivity contribution in [3.63, 3.8) is 0 Å². The Morgan fingerprint density at radius 3 is 2.55 bits per heavy atom. The molecule has 0 aliphatic heterocycles. The van der Waals surface area contributed by atoms with E-state index in [4.69, 9.17) is 11.6 Å². The molecular weight excluding hydrogens is 388 g/mol. The molecule has 1 saturated carbocycles. The van der Waals surface area contributed by atoms with E-state index in [0.29, 0.717) is 11.3 Å². The molecular formula is C22H19ClN4O2. The fraction of sp³-hybridized carbons (Fsp3) is 0.182. The second-order valence-corrected chi connectivity index (χ2v) is 7.53. The summed E-state index contributed by atoms with van der Waals surface area (Å²) in [6.45, 7) is 0. The molecule has 1 aliphatic carbocycles. The molecule has 2 aromatic heterocycles. The van der Waals surface area contributed by atoms with Crippen LogP contribution in [-0.2, 0) is 0 Å². The lowest BCUT2D eigenvalue weighted by molar-refractivity contribution is 0.0913. The summed E-state index contributed by atoms with van der Waals surface area (Å²) in [6.07, 6.45) is 6.23. The topological polar surface area (TPSA) is 84.0 Å². The van der Waals surface area contributed by atoms with Gasteiger partial charge in [0, 0.05) is 34.9 Å². The molecule has 0 unspecified atom stereocenters. The van der Waals surface area contributed by atoms with Gasteiger partial charge in [-0.2, -0.15) is 0 Å². The number of amides is 2. The molecule has 0 radical (unpaired) electrons. The summed E-state index contributed by atoms with van der Waals surface area (Å²) in [4.78, 5) is 33.4. The zero-order valence-electron chi connectivity index (χ0n) is 15.5. The van der Waals surface area contributed by atoms with Gasteiger partial charge in [-0.05, 0) is 36.6 Å². The van der Waals surface area contributed by atoms with Crippen LogP contribution in [0.1, 0.15) is 33.7 Å². The van der Waals surface area contributed by atoms with Gasteiger partial charge in [-0.3, -0.25) is 19.6 Å². The zero-order chi connectivity index (χ0) is 20.2. The van der Waals surface area contributed by atoms with Gasteiger partial charge in [0.05, 0.1) is 11.9 Å². The number of anilines is 1. The molecule has 1 aromatic carbocycles. The van der Waals surface area contributed by atoms with E-state index in [1.54, 1.807) is 18.5 Å². The van der Waals surface area contributed by atoms with Crippen LogP contribution in [0.5, 0.6) is 0 Å². The average molecular weight is 407 g/mol. The minimum Gasteiger partial charge on any atom is -0.348 e. The van der Waals surface area contributed by atoms with Crippen LogP contribution in [0.25, 0.3) is 11.1 Å². The van der Waals surface area contributed by atoms with Crippen molar-refractivity contribution < 1.29 is 9.59 Å². The summed E-state index contributed by atoms with van der Waals surface area (Å²) >= 11 is 5.95. The van der Waals surface area contributed by atoms with E-state index in [2.05, 4.69) is 20.6 Å². The minimum atomic E-state index is -0.337. The van der Waals surface area contributed by atoms with E-state index in [-0.39, 0.29) is 28.9 Å². The Morgan fingerprint density at radius 2 is 1.79 bits per heavy atom. The smallest absolute Gasteiger partial charge is 0.270 e. The maximum atomic E-state index is 12.8. The number of alkyl halides is 1. The number of halogens is 1. The van der Waals surface area contributed by atoms with Crippen molar-refractivity contribution in [1.29, 1.82) is 0 Å². The van der Waals surface area contributed by atoms with Gasteiger partial charge in [0.1, 0.15) is 5.69 Å². The molecule has 2 N–H and O–H groups in total. The highest BCUT2D eigenvalue weighted by Gasteiger charge is 2.29. The number of nitrogens with one attached hydrogen (secondary N) is 2. The van der Waals surface area contributed by atoms with Crippen molar-refractivity contribution >= 4 is 29.1 Å². The summed E-state index contributed by atoms with van der Waals surface area (Å²) < 4.78 is 0. The van der Waals surface area contributed by atoms with E-state index >= 15 is 0 Å². The van der Waals surface area contributed by atoms with Crippen LogP contribution in [0.4, 0.5) is 5.69 Å². The first-order valence-corrected chi connectivity index (χ1v) is 9.75. The summed E-state index contributed by atoms with van der Waals surface area (Å²) in [7, 11) is 0. The number of pyridine rings is 2. The molecule has 4 rings (SSSR count). The molecule has 1 aliphatic rings. The number of hydrogen-bond donors (Lipinski definition) is 2. The van der Waals surface area contributed by atoms with Gasteiger partial charge in [0.25, 0.3) is 11.8 Å². The van der Waals surface area contributed by atoms with Gasteiger partial charge in [-0.25, -0.2) is 0 Å². The molecule has 1 fully saturated rings. The van der Waals surface area contributed by atoms with Gasteiger partial charge in [0.15, 0.2) is 0 Å². The Balaban J connectivity index is 1.50. The van der Waals surface area contributed by atoms with Crippen molar-refractivity contribution in [3.05, 3.63) is 78.4 Å². The highest BCUT2D eigenvalue weighted by atomic mass is 35.5. The Kier molecular flexibility index (Phi) is 5.53. The molecule has 3 aromatic rings. The number of hydrogen-bond acceptors (Lipinski definition) is 4. The number of rotatable bonds is 5. The van der Waals surface area contributed by atoms with Crippen LogP contribution in [0.15, 0.2) is 67.1 Å². The van der Waals surface area contributed by atoms with Gasteiger partial charge in [-0.15, -0.1) is 11.6 Å². The fourth-order valence-corrected chi connectivity index (χ4v) is 3.61. The van der Waals surface area contributed by atoms with Crippen LogP contribution in [0, 0.1) is 0 Å². The quantitative estimate of drug-likeness (QED) is 0.629. The Hall–Kier alpha value is -3.25. The highest BCUT2D eigenvalue weighted by molar-refractivity contribution is 6.21. The lowest BCUT2D eigenvalue weighted by Crippen LogP contribution is -2.45. The maximum absolute atomic E-state index is 12.8. The Labute approximate surface area is 173 Å². The highest BCUT2D eigenvalue weighted by Crippen LogP contribution is 2.27. The normalized spacial score (nSPS) is 17.8. The van der Waals surface area contributed by atoms with Crippen molar-refractivity contribution in [1.82, 2.24) is 15.3 Å². The van der Waals surface area contributed by atoms with Gasteiger partial charge in [-0.1, -0.05) is 30.3 Å². The molecule has 2 heterocycles. The fourth-order valence-electron chi connectivity index (χ4n) is 3.18. The third-order valence-electron chi connectivity index (χ3n) is 4.82. The third kappa shape index (κ3) is 4.43. The standard InChI is InChI=1S/C22H19ClN4O2/c23-16-11-17(12-16)26-22(29)19-10-15(6-9-25-19)21(28)27-20-13-24-8-7-18(20)14-4-2-1-3-5-14/h1-10,13,16-17H,11-12H2,(H,26,29)(H,27,28). The lowest BCUT2D eigenvalue weighted by Gasteiger charge is -2.31. The summed E-state index contributed by atoms with van der Waals surface area (Å²) in [5.41, 5.74) is 2.97. The molecule has 0 bridgehead atoms. The Bertz CT molecular complexity index is 1040. The monoisotopic (exact) mass is 406 g/mol. The van der Waals surface area contributed by atoms with Crippen LogP contribution in [0.3, 0.4) is 0 Å². The van der Waals surface area contributed by atoms with E-state index in [1.807, 2.05) is 36.4 Å². The molecule has 2 amide bonds. The van der Waals surface area contributed by atoms with Crippen LogP contribution in [-0.4, -0.2) is 33.2 Å². The summed E-state index contributed by atoms with van der Waals surface area (Å²) in [6, 6.07) is 14.7. The van der Waals surface area contributed by atoms with Crippen LogP contribution >= 0.6 is 11.6 Å². The molecule has 0 spiro atoms. The minimum absolute atomic E-state index is 0.0631. The number of benzene rings is 1. The van der Waals surface area contributed by atoms with E-state index in [1.165, 1.54) is 12.3 Å². The first-order valence-electron chi connectivity index (χ1n) is 9.32. The second-order valence-electron chi connectivity index (χ2n) is 6.91. The van der Waals surface area contributed by atoms with Crippen molar-refractivity contribution in [2.24, 2.45) is 0 Å². The molecule has 29 heavy (non-hydrogen) atoms. The number of nitrogens with zero attached hydrogens (tertiary/aromatic N) is 2. The molecule has 6 nitrogen and oxygen atoms in total. The number of aromatic nitrogens is 2. The van der Waals surface area contributed by atoms with E-state index < -0.39 is 0 Å². The second kappa shape index (κ2) is 8.41. The summed E-state index contributed by atoms with van der Waals surface area (Å²) in [5, 5.41) is 5.88. The maximum Gasteiger partial charge on any atom is 0.270 e. The van der Waals surface area contributed by atoms with E-state index in [0.717, 1.165) is 24.0 Å². The van der Waals surface area contributed by atoms with Gasteiger partial charge < -0.3 is 10.6 Å². The van der Waals surface area contributed by atoms with Crippen molar-refractivity contribution in [2.75, 3.05) is 5.32 Å². The van der Waals surface area contributed by atoms with Crippen LogP contribution in [0.2, 0.25) is 0 Å². The lowest BCUT2D eigenvalue weighted by atomic mass is 9.92. The first kappa shape index (κ1) is 19.1. The van der Waals surface area contributed by atoms with Crippen molar-refractivity contribution in [2.45, 2.75) is 24.3 Å². The molecule has 0 saturated heterocycles. The molecule has 7 heteroatoms. The first-order chi connectivity index (χ1) is 14.1. The number of carbonyl (C=O) groups is 2. The third-order valence-corrected chi connectivity index (χ3v) is 5.18. The number of carbonyl (C=O) groups excluding carboxylic acids is 2. The predicted molar refractivity (Wildman–Crippen MR) is 112 cm³/mol. The zero-order valence-corrected chi connectivity index (χ0v) is 16.3. The molecule has 0 atom stereocenters. The predicted octanol–water partition coefficient (Wildman–Crippen LogP) is 3.90. The SMILES string of the molecule is O=C(Nc1cnccc1-c1ccccc1)c1ccnc(C(=O)NC2CC(Cl)C2)c1. The molecule has 146 valence electrons. The van der Waals surface area contributed by atoms with E-state index in [9.17, 15) is 9.59 Å². The largest absolute Gasteiger partial charge is 0.348 e. The average Bonchev–Trinajstić information content (AvgIpc) is 2.73. The van der Waals surface area contributed by atoms with Gasteiger partial charge in [0.2, 0.25) is 0 Å². The Morgan fingerprint density at radius 1 is 1.00 bits per heavy atom. The summed E-state index contributed by atoms with van der Waals surface area (Å²) in [5.74, 6) is -0.643.